The van der Waals surface area contributed by atoms with Gasteiger partial charge in [-0.25, -0.2) is 0 Å². The maximum atomic E-state index is 5.44. The van der Waals surface area contributed by atoms with Crippen LogP contribution in [0.25, 0.3) is 0 Å². The first-order chi connectivity index (χ1) is 8.58. The van der Waals surface area contributed by atoms with E-state index in [9.17, 15) is 0 Å². The summed E-state index contributed by atoms with van der Waals surface area (Å²) in [6.07, 6.45) is 5.52. The fourth-order valence-corrected chi connectivity index (χ4v) is 3.14. The fraction of sp³-hybridized carbons (Fsp3) is 1.00. The van der Waals surface area contributed by atoms with Crippen molar-refractivity contribution in [1.82, 2.24) is 10.2 Å². The third-order valence-electron chi connectivity index (χ3n) is 4.71. The molecule has 0 amide bonds. The van der Waals surface area contributed by atoms with Crippen LogP contribution in [0, 0.1) is 5.92 Å². The Labute approximate surface area is 112 Å². The smallest absolute Gasteiger partial charge is 0.0594 e. The van der Waals surface area contributed by atoms with Crippen molar-refractivity contribution in [3.8, 4) is 0 Å². The molecule has 0 aromatic heterocycles. The van der Waals surface area contributed by atoms with Crippen LogP contribution in [0.15, 0.2) is 0 Å². The van der Waals surface area contributed by atoms with Crippen LogP contribution in [0.5, 0.6) is 0 Å². The van der Waals surface area contributed by atoms with Crippen LogP contribution >= 0.6 is 0 Å². The topological polar surface area (TPSA) is 24.5 Å². The Morgan fingerprint density at radius 1 is 1.11 bits per heavy atom. The van der Waals surface area contributed by atoms with Gasteiger partial charge in [-0.2, -0.15) is 0 Å². The minimum atomic E-state index is 0.257. The zero-order chi connectivity index (χ0) is 13.0. The molecule has 0 unspecified atom stereocenters. The average molecular weight is 254 g/mol. The molecule has 0 aromatic carbocycles. The minimum absolute atomic E-state index is 0.257. The SMILES string of the molecule is CC1CCC(NCC(C)(C)N2CCOCC2)CC1. The van der Waals surface area contributed by atoms with Crippen LogP contribution < -0.4 is 5.32 Å². The van der Waals surface area contributed by atoms with Crippen molar-refractivity contribution in [2.24, 2.45) is 5.92 Å². The highest BCUT2D eigenvalue weighted by Gasteiger charge is 2.29. The molecule has 0 bridgehead atoms. The van der Waals surface area contributed by atoms with E-state index < -0.39 is 0 Å². The molecule has 1 saturated heterocycles. The summed E-state index contributed by atoms with van der Waals surface area (Å²) in [5.74, 6) is 0.940. The Hall–Kier alpha value is -0.120. The quantitative estimate of drug-likeness (QED) is 0.833. The molecule has 106 valence electrons. The third-order valence-corrected chi connectivity index (χ3v) is 4.71. The van der Waals surface area contributed by atoms with Crippen LogP contribution in [0.2, 0.25) is 0 Å². The summed E-state index contributed by atoms with van der Waals surface area (Å²) in [6.45, 7) is 12.1. The number of hydrogen-bond acceptors (Lipinski definition) is 3. The molecule has 2 aliphatic rings. The van der Waals surface area contributed by atoms with Gasteiger partial charge in [-0.05, 0) is 45.4 Å². The summed E-state index contributed by atoms with van der Waals surface area (Å²) < 4.78 is 5.44. The normalized spacial score (nSPS) is 31.5. The van der Waals surface area contributed by atoms with E-state index in [-0.39, 0.29) is 5.54 Å². The van der Waals surface area contributed by atoms with Crippen LogP contribution in [-0.4, -0.2) is 49.3 Å². The molecule has 3 heteroatoms. The Morgan fingerprint density at radius 2 is 1.72 bits per heavy atom. The monoisotopic (exact) mass is 254 g/mol. The lowest BCUT2D eigenvalue weighted by Gasteiger charge is -2.42. The van der Waals surface area contributed by atoms with Gasteiger partial charge >= 0.3 is 0 Å². The second kappa shape index (κ2) is 6.36. The van der Waals surface area contributed by atoms with E-state index in [4.69, 9.17) is 4.74 Å². The van der Waals surface area contributed by atoms with E-state index in [1.165, 1.54) is 25.7 Å². The summed E-state index contributed by atoms with van der Waals surface area (Å²) in [6, 6.07) is 0.751. The first kappa shape index (κ1) is 14.3. The van der Waals surface area contributed by atoms with E-state index in [0.29, 0.717) is 0 Å². The number of nitrogens with zero attached hydrogens (tertiary/aromatic N) is 1. The molecule has 2 rings (SSSR count). The first-order valence-corrected chi connectivity index (χ1v) is 7.64. The van der Waals surface area contributed by atoms with E-state index in [0.717, 1.165) is 44.8 Å². The van der Waals surface area contributed by atoms with Gasteiger partial charge < -0.3 is 10.1 Å². The number of nitrogens with one attached hydrogen (secondary N) is 1. The average Bonchev–Trinajstić information content (AvgIpc) is 2.39. The molecule has 0 radical (unpaired) electrons. The van der Waals surface area contributed by atoms with Crippen LogP contribution in [0.3, 0.4) is 0 Å². The molecule has 18 heavy (non-hydrogen) atoms. The minimum Gasteiger partial charge on any atom is -0.379 e. The van der Waals surface area contributed by atoms with Crippen LogP contribution in [0.4, 0.5) is 0 Å². The summed E-state index contributed by atoms with van der Waals surface area (Å²) in [7, 11) is 0. The first-order valence-electron chi connectivity index (χ1n) is 7.64. The van der Waals surface area contributed by atoms with Crippen molar-refractivity contribution in [3.05, 3.63) is 0 Å². The van der Waals surface area contributed by atoms with Gasteiger partial charge in [0.25, 0.3) is 0 Å². The summed E-state index contributed by atoms with van der Waals surface area (Å²) >= 11 is 0. The van der Waals surface area contributed by atoms with Crippen molar-refractivity contribution in [3.63, 3.8) is 0 Å². The third kappa shape index (κ3) is 3.94. The number of morpholine rings is 1. The predicted octanol–water partition coefficient (Wildman–Crippen LogP) is 2.27. The Bertz CT molecular complexity index is 241. The van der Waals surface area contributed by atoms with Gasteiger partial charge in [0.15, 0.2) is 0 Å². The molecule has 1 N–H and O–H groups in total. The van der Waals surface area contributed by atoms with Gasteiger partial charge in [-0.1, -0.05) is 6.92 Å². The van der Waals surface area contributed by atoms with Crippen molar-refractivity contribution in [2.75, 3.05) is 32.8 Å². The zero-order valence-electron chi connectivity index (χ0n) is 12.4. The molecule has 0 atom stereocenters. The molecule has 1 aliphatic carbocycles. The van der Waals surface area contributed by atoms with E-state index in [1.807, 2.05) is 0 Å². The summed E-state index contributed by atoms with van der Waals surface area (Å²) in [5, 5.41) is 3.80. The van der Waals surface area contributed by atoms with Gasteiger partial charge in [-0.3, -0.25) is 4.90 Å². The van der Waals surface area contributed by atoms with Crippen LogP contribution in [0.1, 0.15) is 46.5 Å². The molecule has 1 aliphatic heterocycles. The maximum absolute atomic E-state index is 5.44. The van der Waals surface area contributed by atoms with Gasteiger partial charge in [0.05, 0.1) is 13.2 Å². The zero-order valence-corrected chi connectivity index (χ0v) is 12.4. The largest absolute Gasteiger partial charge is 0.379 e. The number of rotatable bonds is 4. The number of ether oxygens (including phenoxy) is 1. The van der Waals surface area contributed by atoms with E-state index in [2.05, 4.69) is 31.0 Å². The molecule has 0 aromatic rings. The van der Waals surface area contributed by atoms with Gasteiger partial charge in [0.1, 0.15) is 0 Å². The van der Waals surface area contributed by atoms with Gasteiger partial charge in [-0.15, -0.1) is 0 Å². The molecular formula is C15H30N2O. The molecule has 3 nitrogen and oxygen atoms in total. The lowest BCUT2D eigenvalue weighted by Crippen LogP contribution is -2.56. The number of hydrogen-bond donors (Lipinski definition) is 1. The molecule has 0 spiro atoms. The fourth-order valence-electron chi connectivity index (χ4n) is 3.14. The Kier molecular flexibility index (Phi) is 5.05. The van der Waals surface area contributed by atoms with Gasteiger partial charge in [0, 0.05) is 31.2 Å². The van der Waals surface area contributed by atoms with Crippen molar-refractivity contribution >= 4 is 0 Å². The Balaban J connectivity index is 1.73. The highest BCUT2D eigenvalue weighted by atomic mass is 16.5. The van der Waals surface area contributed by atoms with Crippen molar-refractivity contribution < 1.29 is 4.74 Å². The van der Waals surface area contributed by atoms with Crippen molar-refractivity contribution in [1.29, 1.82) is 0 Å². The van der Waals surface area contributed by atoms with Crippen LogP contribution in [-0.2, 0) is 4.74 Å². The second-order valence-corrected chi connectivity index (χ2v) is 6.75. The molecule has 1 saturated carbocycles. The van der Waals surface area contributed by atoms with E-state index in [1.54, 1.807) is 0 Å². The van der Waals surface area contributed by atoms with Crippen molar-refractivity contribution in [2.45, 2.75) is 58.0 Å². The Morgan fingerprint density at radius 3 is 2.33 bits per heavy atom. The summed E-state index contributed by atoms with van der Waals surface area (Å²) in [5.41, 5.74) is 0.257. The summed E-state index contributed by atoms with van der Waals surface area (Å²) in [4.78, 5) is 2.56. The molecule has 2 fully saturated rings. The highest BCUT2D eigenvalue weighted by molar-refractivity contribution is 4.87. The highest BCUT2D eigenvalue weighted by Crippen LogP contribution is 2.24. The lowest BCUT2D eigenvalue weighted by atomic mass is 9.87. The lowest BCUT2D eigenvalue weighted by molar-refractivity contribution is -0.0108. The molecular weight excluding hydrogens is 224 g/mol. The van der Waals surface area contributed by atoms with E-state index >= 15 is 0 Å². The van der Waals surface area contributed by atoms with Gasteiger partial charge in [0.2, 0.25) is 0 Å². The molecule has 1 heterocycles. The second-order valence-electron chi connectivity index (χ2n) is 6.75. The standard InChI is InChI=1S/C15H30N2O/c1-13-4-6-14(7-5-13)16-12-15(2,3)17-8-10-18-11-9-17/h13-14,16H,4-12H2,1-3H3. The maximum Gasteiger partial charge on any atom is 0.0594 e. The predicted molar refractivity (Wildman–Crippen MR) is 75.9 cm³/mol.